The first-order chi connectivity index (χ1) is 6.52. The number of rotatable bonds is 3. The lowest BCUT2D eigenvalue weighted by molar-refractivity contribution is -0.131. The van der Waals surface area contributed by atoms with Gasteiger partial charge in [-0.1, -0.05) is 0 Å². The number of likely N-dealkylation sites (N-methyl/N-ethyl adjacent to an activating group) is 2. The average molecular weight is 199 g/mol. The van der Waals surface area contributed by atoms with E-state index in [4.69, 9.17) is 5.73 Å². The zero-order valence-corrected chi connectivity index (χ0v) is 9.36. The third-order valence-corrected chi connectivity index (χ3v) is 2.92. The van der Waals surface area contributed by atoms with Crippen molar-refractivity contribution in [3.05, 3.63) is 0 Å². The Balaban J connectivity index is 2.39. The molecule has 1 saturated heterocycles. The third kappa shape index (κ3) is 2.69. The highest BCUT2D eigenvalue weighted by atomic mass is 16.2. The molecule has 0 saturated carbocycles. The maximum Gasteiger partial charge on any atom is 0.238 e. The largest absolute Gasteiger partial charge is 0.343 e. The Morgan fingerprint density at radius 1 is 1.71 bits per heavy atom. The molecule has 1 aliphatic heterocycles. The summed E-state index contributed by atoms with van der Waals surface area (Å²) in [6.07, 6.45) is 2.43. The van der Waals surface area contributed by atoms with Crippen LogP contribution in [0.3, 0.4) is 0 Å². The number of nitrogens with zero attached hydrogens (tertiary/aromatic N) is 2. The maximum atomic E-state index is 11.5. The first-order valence-electron chi connectivity index (χ1n) is 5.23. The van der Waals surface area contributed by atoms with Gasteiger partial charge in [-0.3, -0.25) is 4.79 Å². The van der Waals surface area contributed by atoms with Gasteiger partial charge in [-0.25, -0.2) is 0 Å². The molecule has 0 spiro atoms. The van der Waals surface area contributed by atoms with Crippen LogP contribution in [0.15, 0.2) is 0 Å². The van der Waals surface area contributed by atoms with Gasteiger partial charge in [0.2, 0.25) is 5.91 Å². The van der Waals surface area contributed by atoms with Crippen molar-refractivity contribution in [1.82, 2.24) is 9.80 Å². The van der Waals surface area contributed by atoms with E-state index in [0.29, 0.717) is 6.04 Å². The fourth-order valence-electron chi connectivity index (χ4n) is 1.96. The summed E-state index contributed by atoms with van der Waals surface area (Å²) in [6.45, 7) is 3.68. The van der Waals surface area contributed by atoms with Gasteiger partial charge >= 0.3 is 0 Å². The minimum Gasteiger partial charge on any atom is -0.343 e. The molecule has 1 fully saturated rings. The van der Waals surface area contributed by atoms with Crippen LogP contribution >= 0.6 is 0 Å². The minimum absolute atomic E-state index is 0.0327. The molecule has 1 rings (SSSR count). The third-order valence-electron chi connectivity index (χ3n) is 2.92. The molecule has 1 aliphatic rings. The molecule has 2 atom stereocenters. The summed E-state index contributed by atoms with van der Waals surface area (Å²) in [5, 5.41) is 0. The standard InChI is InChI=1S/C10H21N3O/c1-8(11)10(14)13(3)7-9-5-4-6-12(9)2/h8-9H,4-7,11H2,1-3H3/t8-,9?/m0/s1. The van der Waals surface area contributed by atoms with E-state index in [2.05, 4.69) is 11.9 Å². The highest BCUT2D eigenvalue weighted by Gasteiger charge is 2.24. The molecule has 4 nitrogen and oxygen atoms in total. The lowest BCUT2D eigenvalue weighted by Crippen LogP contribution is -2.45. The van der Waals surface area contributed by atoms with Crippen molar-refractivity contribution in [2.24, 2.45) is 5.73 Å². The van der Waals surface area contributed by atoms with Crippen molar-refractivity contribution in [2.45, 2.75) is 31.8 Å². The van der Waals surface area contributed by atoms with Gasteiger partial charge in [0.1, 0.15) is 0 Å². The van der Waals surface area contributed by atoms with E-state index in [1.807, 2.05) is 7.05 Å². The summed E-state index contributed by atoms with van der Waals surface area (Å²) >= 11 is 0. The van der Waals surface area contributed by atoms with E-state index in [1.165, 1.54) is 12.8 Å². The zero-order valence-electron chi connectivity index (χ0n) is 9.36. The Morgan fingerprint density at radius 2 is 2.36 bits per heavy atom. The molecule has 2 N–H and O–H groups in total. The molecule has 0 aromatic rings. The van der Waals surface area contributed by atoms with Crippen molar-refractivity contribution in [2.75, 3.05) is 27.2 Å². The molecular weight excluding hydrogens is 178 g/mol. The van der Waals surface area contributed by atoms with E-state index in [9.17, 15) is 4.79 Å². The number of carbonyl (C=O) groups excluding carboxylic acids is 1. The lowest BCUT2D eigenvalue weighted by atomic mass is 10.2. The quantitative estimate of drug-likeness (QED) is 0.690. The first-order valence-corrected chi connectivity index (χ1v) is 5.23. The van der Waals surface area contributed by atoms with Crippen molar-refractivity contribution in [3.63, 3.8) is 0 Å². The summed E-state index contributed by atoms with van der Waals surface area (Å²) in [7, 11) is 3.94. The van der Waals surface area contributed by atoms with Gasteiger partial charge < -0.3 is 15.5 Å². The Labute approximate surface area is 86.0 Å². The molecule has 82 valence electrons. The van der Waals surface area contributed by atoms with Crippen molar-refractivity contribution in [1.29, 1.82) is 0 Å². The smallest absolute Gasteiger partial charge is 0.238 e. The predicted octanol–water partition coefficient (Wildman–Crippen LogP) is -0.114. The minimum atomic E-state index is -0.383. The molecule has 0 aromatic carbocycles. The van der Waals surface area contributed by atoms with Gasteiger partial charge in [0, 0.05) is 19.6 Å². The van der Waals surface area contributed by atoms with Crippen LogP contribution in [-0.2, 0) is 4.79 Å². The second-order valence-corrected chi connectivity index (χ2v) is 4.28. The lowest BCUT2D eigenvalue weighted by Gasteiger charge is -2.26. The summed E-state index contributed by atoms with van der Waals surface area (Å²) < 4.78 is 0. The van der Waals surface area contributed by atoms with Crippen molar-refractivity contribution in [3.8, 4) is 0 Å². The summed E-state index contributed by atoms with van der Waals surface area (Å²) in [5.74, 6) is 0.0327. The van der Waals surface area contributed by atoms with Gasteiger partial charge in [-0.2, -0.15) is 0 Å². The Bertz CT molecular complexity index is 206. The fraction of sp³-hybridized carbons (Fsp3) is 0.900. The highest BCUT2D eigenvalue weighted by molar-refractivity contribution is 5.80. The topological polar surface area (TPSA) is 49.6 Å². The van der Waals surface area contributed by atoms with Crippen molar-refractivity contribution >= 4 is 5.91 Å². The number of carbonyl (C=O) groups is 1. The molecule has 4 heteroatoms. The van der Waals surface area contributed by atoms with Gasteiger partial charge in [0.15, 0.2) is 0 Å². The summed E-state index contributed by atoms with van der Waals surface area (Å²) in [4.78, 5) is 15.6. The van der Waals surface area contributed by atoms with Crippen LogP contribution in [0.1, 0.15) is 19.8 Å². The van der Waals surface area contributed by atoms with Crippen LogP contribution in [0.4, 0.5) is 0 Å². The second kappa shape index (κ2) is 4.75. The van der Waals surface area contributed by atoms with E-state index < -0.39 is 0 Å². The molecule has 0 radical (unpaired) electrons. The Hall–Kier alpha value is -0.610. The fourth-order valence-corrected chi connectivity index (χ4v) is 1.96. The van der Waals surface area contributed by atoms with Crippen molar-refractivity contribution < 1.29 is 4.79 Å². The SMILES string of the molecule is C[C@H](N)C(=O)N(C)CC1CCCN1C. The Kier molecular flexibility index (Phi) is 3.89. The number of hydrogen-bond donors (Lipinski definition) is 1. The molecule has 1 amide bonds. The number of nitrogens with two attached hydrogens (primary N) is 1. The van der Waals surface area contributed by atoms with Crippen LogP contribution in [0.25, 0.3) is 0 Å². The van der Waals surface area contributed by atoms with E-state index in [0.717, 1.165) is 13.1 Å². The molecule has 0 aliphatic carbocycles. The van der Waals surface area contributed by atoms with Gasteiger partial charge in [-0.15, -0.1) is 0 Å². The molecule has 14 heavy (non-hydrogen) atoms. The van der Waals surface area contributed by atoms with Gasteiger partial charge in [0.05, 0.1) is 6.04 Å². The number of likely N-dealkylation sites (tertiary alicyclic amines) is 1. The zero-order chi connectivity index (χ0) is 10.7. The summed E-state index contributed by atoms with van der Waals surface area (Å²) in [5.41, 5.74) is 5.54. The second-order valence-electron chi connectivity index (χ2n) is 4.28. The van der Waals surface area contributed by atoms with E-state index in [1.54, 1.807) is 11.8 Å². The molecule has 0 bridgehead atoms. The molecule has 1 unspecified atom stereocenters. The first kappa shape index (κ1) is 11.5. The maximum absolute atomic E-state index is 11.5. The number of hydrogen-bond acceptors (Lipinski definition) is 3. The van der Waals surface area contributed by atoms with Gasteiger partial charge in [-0.05, 0) is 33.4 Å². The highest BCUT2D eigenvalue weighted by Crippen LogP contribution is 2.15. The van der Waals surface area contributed by atoms with Crippen LogP contribution in [0.5, 0.6) is 0 Å². The normalized spacial score (nSPS) is 25.0. The molecule has 1 heterocycles. The predicted molar refractivity (Wildman–Crippen MR) is 56.9 cm³/mol. The average Bonchev–Trinajstić information content (AvgIpc) is 2.50. The van der Waals surface area contributed by atoms with Crippen LogP contribution in [-0.4, -0.2) is 55.0 Å². The van der Waals surface area contributed by atoms with Crippen LogP contribution in [0, 0.1) is 0 Å². The summed E-state index contributed by atoms with van der Waals surface area (Å²) in [6, 6.07) is 0.134. The Morgan fingerprint density at radius 3 is 2.79 bits per heavy atom. The molecule has 0 aromatic heterocycles. The van der Waals surface area contributed by atoms with E-state index in [-0.39, 0.29) is 11.9 Å². The van der Waals surface area contributed by atoms with Gasteiger partial charge in [0.25, 0.3) is 0 Å². The van der Waals surface area contributed by atoms with Crippen LogP contribution in [0.2, 0.25) is 0 Å². The number of amides is 1. The molecular formula is C10H21N3O. The van der Waals surface area contributed by atoms with E-state index >= 15 is 0 Å². The monoisotopic (exact) mass is 199 g/mol. The van der Waals surface area contributed by atoms with Crippen LogP contribution < -0.4 is 5.73 Å².